The molecule has 0 amide bonds. The quantitative estimate of drug-likeness (QED) is 0.333. The molecule has 2 atom stereocenters. The van der Waals surface area contributed by atoms with E-state index in [1.165, 1.54) is 24.4 Å². The number of hydrogen-bond donors (Lipinski definition) is 1. The van der Waals surface area contributed by atoms with E-state index < -0.39 is 0 Å². The van der Waals surface area contributed by atoms with Gasteiger partial charge in [0.15, 0.2) is 0 Å². The number of halogens is 2. The number of anilines is 2. The highest BCUT2D eigenvalue weighted by Gasteiger charge is 2.42. The minimum Gasteiger partial charge on any atom is -0.411 e. The molecular weight excluding hydrogens is 360 g/mol. The van der Waals surface area contributed by atoms with Crippen LogP contribution in [0.3, 0.4) is 0 Å². The van der Waals surface area contributed by atoms with Gasteiger partial charge >= 0.3 is 0 Å². The van der Waals surface area contributed by atoms with Crippen LogP contribution in [0.15, 0.2) is 47.6 Å². The Bertz CT molecular complexity index is 840. The Labute approximate surface area is 164 Å². The average Bonchev–Trinajstić information content (AvgIpc) is 3.01. The van der Waals surface area contributed by atoms with E-state index in [9.17, 15) is 8.78 Å². The third-order valence-corrected chi connectivity index (χ3v) is 5.88. The van der Waals surface area contributed by atoms with E-state index in [4.69, 9.17) is 5.21 Å². The molecule has 2 aromatic carbocycles. The van der Waals surface area contributed by atoms with Crippen molar-refractivity contribution in [3.05, 3.63) is 59.7 Å². The first-order valence-electron chi connectivity index (χ1n) is 9.90. The Balaban J connectivity index is 1.54. The fourth-order valence-corrected chi connectivity index (χ4v) is 4.61. The molecule has 0 bridgehead atoms. The second-order valence-corrected chi connectivity index (χ2v) is 7.61. The first-order chi connectivity index (χ1) is 13.7. The molecule has 2 aliphatic heterocycles. The van der Waals surface area contributed by atoms with Crippen LogP contribution in [-0.4, -0.2) is 42.0 Å². The number of piperidine rings is 1. The van der Waals surface area contributed by atoms with E-state index in [1.807, 2.05) is 6.07 Å². The number of hydrogen-bond acceptors (Lipinski definition) is 4. The molecule has 0 aromatic heterocycles. The van der Waals surface area contributed by atoms with Crippen molar-refractivity contribution in [2.45, 2.75) is 37.6 Å². The van der Waals surface area contributed by atoms with Gasteiger partial charge in [-0.15, -0.1) is 5.16 Å². The molecule has 0 unspecified atom stereocenters. The summed E-state index contributed by atoms with van der Waals surface area (Å²) in [6.07, 6.45) is 5.32. The number of unbranched alkanes of at least 4 members (excludes halogenated alkanes) is 2. The van der Waals surface area contributed by atoms with Crippen molar-refractivity contribution in [1.82, 2.24) is 4.90 Å². The van der Waals surface area contributed by atoms with Crippen LogP contribution in [0, 0.1) is 11.6 Å². The zero-order valence-corrected chi connectivity index (χ0v) is 15.8. The van der Waals surface area contributed by atoms with Gasteiger partial charge in [-0.1, -0.05) is 0 Å². The van der Waals surface area contributed by atoms with Gasteiger partial charge in [-0.25, -0.2) is 8.78 Å². The fourth-order valence-electron chi connectivity index (χ4n) is 4.61. The van der Waals surface area contributed by atoms with Crippen LogP contribution in [0.2, 0.25) is 0 Å². The highest BCUT2D eigenvalue weighted by Crippen LogP contribution is 2.48. The SMILES string of the molecule is ON=CCCCCN1CC[C@@H]2[C@@H](C1)c1cc(F)ccc1N2c1ccc(F)cc1. The van der Waals surface area contributed by atoms with Gasteiger partial charge in [0.2, 0.25) is 0 Å². The molecular formula is C22H25F2N3O. The van der Waals surface area contributed by atoms with Gasteiger partial charge in [0.05, 0.1) is 0 Å². The van der Waals surface area contributed by atoms with Gasteiger partial charge in [-0.05, 0) is 80.3 Å². The van der Waals surface area contributed by atoms with Crippen molar-refractivity contribution in [3.63, 3.8) is 0 Å². The third-order valence-electron chi connectivity index (χ3n) is 5.88. The largest absolute Gasteiger partial charge is 0.411 e. The topological polar surface area (TPSA) is 39.1 Å². The molecule has 0 saturated carbocycles. The summed E-state index contributed by atoms with van der Waals surface area (Å²) < 4.78 is 27.4. The molecule has 6 heteroatoms. The van der Waals surface area contributed by atoms with Crippen LogP contribution in [0.25, 0.3) is 0 Å². The van der Waals surface area contributed by atoms with Crippen LogP contribution in [-0.2, 0) is 0 Å². The summed E-state index contributed by atoms with van der Waals surface area (Å²) in [7, 11) is 0. The molecule has 2 aromatic rings. The summed E-state index contributed by atoms with van der Waals surface area (Å²) in [6, 6.07) is 11.9. The van der Waals surface area contributed by atoms with Gasteiger partial charge in [-0.3, -0.25) is 0 Å². The smallest absolute Gasteiger partial charge is 0.123 e. The van der Waals surface area contributed by atoms with Crippen molar-refractivity contribution >= 4 is 17.6 Å². The second kappa shape index (κ2) is 8.27. The highest BCUT2D eigenvalue weighted by atomic mass is 19.1. The Morgan fingerprint density at radius 2 is 1.86 bits per heavy atom. The van der Waals surface area contributed by atoms with Crippen molar-refractivity contribution < 1.29 is 14.0 Å². The summed E-state index contributed by atoms with van der Waals surface area (Å²) in [5.41, 5.74) is 3.04. The standard InChI is InChI=1S/C22H25F2N3O/c23-16-4-7-18(8-5-16)27-21-9-6-17(24)14-19(21)20-15-26(13-10-22(20)27)12-3-1-2-11-25-28/h4-9,11,14,20,22,28H,1-3,10,12-13,15H2/t20-,22+/m0/s1. The number of benzene rings is 2. The Kier molecular flexibility index (Phi) is 5.57. The van der Waals surface area contributed by atoms with E-state index in [0.29, 0.717) is 0 Å². The van der Waals surface area contributed by atoms with Crippen molar-refractivity contribution in [3.8, 4) is 0 Å². The van der Waals surface area contributed by atoms with Crippen molar-refractivity contribution in [2.24, 2.45) is 5.16 Å². The fraction of sp³-hybridized carbons (Fsp3) is 0.409. The molecule has 28 heavy (non-hydrogen) atoms. The van der Waals surface area contributed by atoms with Gasteiger partial charge in [0, 0.05) is 42.6 Å². The summed E-state index contributed by atoms with van der Waals surface area (Å²) >= 11 is 0. The zero-order chi connectivity index (χ0) is 19.5. The normalized spacial score (nSPS) is 21.9. The molecule has 2 heterocycles. The Morgan fingerprint density at radius 3 is 2.64 bits per heavy atom. The van der Waals surface area contributed by atoms with Crippen LogP contribution >= 0.6 is 0 Å². The predicted octanol–water partition coefficient (Wildman–Crippen LogP) is 4.90. The molecule has 4 rings (SSSR count). The maximum Gasteiger partial charge on any atom is 0.123 e. The molecule has 1 N–H and O–H groups in total. The van der Waals surface area contributed by atoms with E-state index in [1.54, 1.807) is 18.2 Å². The molecule has 0 spiro atoms. The summed E-state index contributed by atoms with van der Waals surface area (Å²) in [5, 5.41) is 11.5. The number of oxime groups is 1. The molecule has 148 valence electrons. The van der Waals surface area contributed by atoms with Gasteiger partial charge < -0.3 is 15.0 Å². The van der Waals surface area contributed by atoms with Crippen LogP contribution in [0.4, 0.5) is 20.2 Å². The monoisotopic (exact) mass is 385 g/mol. The van der Waals surface area contributed by atoms with Gasteiger partial charge in [0.25, 0.3) is 0 Å². The molecule has 1 saturated heterocycles. The molecule has 0 aliphatic carbocycles. The summed E-state index contributed by atoms with van der Waals surface area (Å²) in [6.45, 7) is 2.88. The summed E-state index contributed by atoms with van der Waals surface area (Å²) in [5.74, 6) is -0.220. The van der Waals surface area contributed by atoms with Gasteiger partial charge in [0.1, 0.15) is 11.6 Å². The minimum atomic E-state index is -0.250. The number of likely N-dealkylation sites (tertiary alicyclic amines) is 1. The molecule has 4 nitrogen and oxygen atoms in total. The lowest BCUT2D eigenvalue weighted by molar-refractivity contribution is 0.194. The van der Waals surface area contributed by atoms with Crippen LogP contribution in [0.5, 0.6) is 0 Å². The third kappa shape index (κ3) is 3.74. The Morgan fingerprint density at radius 1 is 1.07 bits per heavy atom. The summed E-state index contributed by atoms with van der Waals surface area (Å²) in [4.78, 5) is 4.70. The maximum atomic E-state index is 14.0. The highest BCUT2D eigenvalue weighted by molar-refractivity contribution is 5.73. The lowest BCUT2D eigenvalue weighted by Gasteiger charge is -2.39. The van der Waals surface area contributed by atoms with E-state index in [-0.39, 0.29) is 23.6 Å². The Hall–Kier alpha value is -2.47. The molecule has 0 radical (unpaired) electrons. The number of rotatable bonds is 6. The number of nitrogens with zero attached hydrogens (tertiary/aromatic N) is 3. The molecule has 2 aliphatic rings. The van der Waals surface area contributed by atoms with Crippen LogP contribution < -0.4 is 4.90 Å². The lowest BCUT2D eigenvalue weighted by Crippen LogP contribution is -2.45. The van der Waals surface area contributed by atoms with E-state index >= 15 is 0 Å². The van der Waals surface area contributed by atoms with Crippen molar-refractivity contribution in [1.29, 1.82) is 0 Å². The van der Waals surface area contributed by atoms with Gasteiger partial charge in [-0.2, -0.15) is 0 Å². The van der Waals surface area contributed by atoms with Crippen LogP contribution in [0.1, 0.15) is 37.2 Å². The maximum absolute atomic E-state index is 14.0. The van der Waals surface area contributed by atoms with E-state index in [0.717, 1.165) is 62.3 Å². The lowest BCUT2D eigenvalue weighted by atomic mass is 9.89. The second-order valence-electron chi connectivity index (χ2n) is 7.61. The first-order valence-corrected chi connectivity index (χ1v) is 9.90. The minimum absolute atomic E-state index is 0.209. The number of fused-ring (bicyclic) bond motifs is 3. The predicted molar refractivity (Wildman–Crippen MR) is 107 cm³/mol. The zero-order valence-electron chi connectivity index (χ0n) is 15.8. The molecule has 1 fully saturated rings. The van der Waals surface area contributed by atoms with Crippen molar-refractivity contribution in [2.75, 3.05) is 24.5 Å². The average molecular weight is 385 g/mol. The van der Waals surface area contributed by atoms with E-state index in [2.05, 4.69) is 15.0 Å². The first kappa shape index (κ1) is 18.9.